The van der Waals surface area contributed by atoms with Crippen molar-refractivity contribution in [3.63, 3.8) is 0 Å². The molecule has 1 atom stereocenters. The number of aromatic nitrogens is 3. The van der Waals surface area contributed by atoms with Gasteiger partial charge in [-0.2, -0.15) is 5.10 Å². The van der Waals surface area contributed by atoms with Crippen LogP contribution in [0.5, 0.6) is 0 Å². The van der Waals surface area contributed by atoms with Crippen LogP contribution in [-0.2, 0) is 16.9 Å². The lowest BCUT2D eigenvalue weighted by Gasteiger charge is -2.28. The number of hydrogen-bond acceptors (Lipinski definition) is 5. The summed E-state index contributed by atoms with van der Waals surface area (Å²) >= 11 is 15.7. The highest BCUT2D eigenvalue weighted by Gasteiger charge is 2.35. The zero-order chi connectivity index (χ0) is 15.5. The number of hydrogen-bond donors (Lipinski definition) is 3. The van der Waals surface area contributed by atoms with Crippen molar-refractivity contribution in [2.24, 2.45) is 0 Å². The first-order valence-corrected chi connectivity index (χ1v) is 7.08. The predicted molar refractivity (Wildman–Crippen MR) is 82.1 cm³/mol. The molecule has 0 saturated carbocycles. The summed E-state index contributed by atoms with van der Waals surface area (Å²) in [6.07, 6.45) is 2.54. The van der Waals surface area contributed by atoms with Gasteiger partial charge < -0.3 is 9.83 Å². The zero-order valence-electron chi connectivity index (χ0n) is 10.7. The van der Waals surface area contributed by atoms with E-state index in [4.69, 9.17) is 23.2 Å². The van der Waals surface area contributed by atoms with Crippen molar-refractivity contribution in [2.45, 2.75) is 18.6 Å². The monoisotopic (exact) mass is 346 g/mol. The molecule has 6 nitrogen and oxygen atoms in total. The van der Waals surface area contributed by atoms with Gasteiger partial charge in [-0.25, -0.2) is 9.67 Å². The van der Waals surface area contributed by atoms with Crippen LogP contribution >= 0.6 is 36.0 Å². The molecule has 112 valence electrons. The largest absolute Gasteiger partial charge is 0.383 e. The van der Waals surface area contributed by atoms with E-state index in [0.29, 0.717) is 10.6 Å². The van der Waals surface area contributed by atoms with Crippen molar-refractivity contribution in [1.82, 2.24) is 19.5 Å². The summed E-state index contributed by atoms with van der Waals surface area (Å²) < 4.78 is 3.60. The van der Waals surface area contributed by atoms with Gasteiger partial charge in [0.25, 0.3) is 0 Å². The molecule has 1 unspecified atom stereocenters. The number of rotatable bonds is 5. The van der Waals surface area contributed by atoms with Crippen molar-refractivity contribution in [3.05, 3.63) is 46.5 Å². The molecule has 0 aliphatic carbocycles. The van der Waals surface area contributed by atoms with Crippen molar-refractivity contribution in [2.75, 3.05) is 0 Å². The number of amides is 1. The molecule has 9 heteroatoms. The molecule has 1 amide bonds. The van der Waals surface area contributed by atoms with Gasteiger partial charge in [0.05, 0.1) is 13.0 Å². The van der Waals surface area contributed by atoms with Gasteiger partial charge in [0, 0.05) is 15.6 Å². The second-order valence-electron chi connectivity index (χ2n) is 4.46. The Morgan fingerprint density at radius 1 is 1.48 bits per heavy atom. The lowest BCUT2D eigenvalue weighted by molar-refractivity contribution is -0.125. The maximum atomic E-state index is 11.6. The first-order chi connectivity index (χ1) is 9.94. The molecule has 1 aromatic carbocycles. The molecule has 0 fully saturated rings. The van der Waals surface area contributed by atoms with Crippen molar-refractivity contribution in [1.29, 1.82) is 0 Å². The van der Waals surface area contributed by atoms with Gasteiger partial charge in [-0.1, -0.05) is 42.1 Å². The smallest absolute Gasteiger partial charge is 0.232 e. The molecule has 2 rings (SSSR count). The molecule has 2 aromatic rings. The van der Waals surface area contributed by atoms with Crippen molar-refractivity contribution < 1.29 is 9.90 Å². The van der Waals surface area contributed by atoms with E-state index in [2.05, 4.69) is 27.6 Å². The summed E-state index contributed by atoms with van der Waals surface area (Å²) in [6.45, 7) is 0.00947. The van der Waals surface area contributed by atoms with Gasteiger partial charge in [-0.3, -0.25) is 4.79 Å². The quantitative estimate of drug-likeness (QED) is 0.721. The lowest BCUT2D eigenvalue weighted by atomic mass is 9.90. The average molecular weight is 347 g/mol. The van der Waals surface area contributed by atoms with Crippen molar-refractivity contribution >= 4 is 41.9 Å². The first kappa shape index (κ1) is 16.1. The summed E-state index contributed by atoms with van der Waals surface area (Å²) in [5, 5.41) is 15.5. The van der Waals surface area contributed by atoms with Crippen LogP contribution in [0.25, 0.3) is 0 Å². The van der Waals surface area contributed by atoms with E-state index in [0.717, 1.165) is 0 Å². The lowest BCUT2D eigenvalue weighted by Crippen LogP contribution is -2.36. The van der Waals surface area contributed by atoms with E-state index in [1.165, 1.54) is 23.4 Å². The number of carbonyl (C=O) groups excluding carboxylic acids is 1. The summed E-state index contributed by atoms with van der Waals surface area (Å²) in [6, 6.07) is 4.67. The average Bonchev–Trinajstić information content (AvgIpc) is 2.90. The SMILES string of the molecule is O=C(CC(O)(Cn1cncn1)c1ccc(Cl)cc1Cl)NS. The van der Waals surface area contributed by atoms with Crippen LogP contribution in [0.4, 0.5) is 0 Å². The minimum absolute atomic E-state index is 0.00947. The predicted octanol–water partition coefficient (Wildman–Crippen LogP) is 1.82. The Kier molecular flexibility index (Phi) is 5.10. The molecular formula is C12H12Cl2N4O2S. The number of thiol groups is 1. The van der Waals surface area contributed by atoms with Crippen LogP contribution in [0.3, 0.4) is 0 Å². The normalized spacial score (nSPS) is 13.7. The molecule has 0 saturated heterocycles. The number of aliphatic hydroxyl groups is 1. The van der Waals surface area contributed by atoms with E-state index < -0.39 is 11.5 Å². The first-order valence-electron chi connectivity index (χ1n) is 5.88. The van der Waals surface area contributed by atoms with E-state index in [1.54, 1.807) is 12.1 Å². The van der Waals surface area contributed by atoms with E-state index in [1.807, 2.05) is 0 Å². The zero-order valence-corrected chi connectivity index (χ0v) is 13.1. The summed E-state index contributed by atoms with van der Waals surface area (Å²) in [7, 11) is 0. The van der Waals surface area contributed by atoms with Gasteiger partial charge >= 0.3 is 0 Å². The third-order valence-electron chi connectivity index (χ3n) is 2.90. The minimum Gasteiger partial charge on any atom is -0.383 e. The molecule has 1 heterocycles. The molecule has 0 spiro atoms. The Bertz CT molecular complexity index is 638. The molecule has 0 aliphatic rings. The molecule has 0 aliphatic heterocycles. The third-order valence-corrected chi connectivity index (χ3v) is 3.70. The van der Waals surface area contributed by atoms with Gasteiger partial charge in [-0.05, 0) is 12.1 Å². The fraction of sp³-hybridized carbons (Fsp3) is 0.250. The topological polar surface area (TPSA) is 80.0 Å². The van der Waals surface area contributed by atoms with E-state index >= 15 is 0 Å². The second-order valence-corrected chi connectivity index (χ2v) is 5.53. The minimum atomic E-state index is -1.57. The van der Waals surface area contributed by atoms with Gasteiger partial charge in [-0.15, -0.1) is 0 Å². The van der Waals surface area contributed by atoms with E-state index in [-0.39, 0.29) is 18.0 Å². The highest BCUT2D eigenvalue weighted by Crippen LogP contribution is 2.34. The Labute approximate surface area is 136 Å². The highest BCUT2D eigenvalue weighted by molar-refractivity contribution is 7.78. The highest BCUT2D eigenvalue weighted by atomic mass is 35.5. The van der Waals surface area contributed by atoms with Crippen molar-refractivity contribution in [3.8, 4) is 0 Å². The van der Waals surface area contributed by atoms with Gasteiger partial charge in [0.2, 0.25) is 5.91 Å². The second kappa shape index (κ2) is 6.65. The fourth-order valence-corrected chi connectivity index (χ4v) is 2.65. The molecule has 0 radical (unpaired) electrons. The van der Waals surface area contributed by atoms with Crippen LogP contribution in [-0.4, -0.2) is 25.8 Å². The summed E-state index contributed by atoms with van der Waals surface area (Å²) in [5.41, 5.74) is -1.19. The maximum absolute atomic E-state index is 11.6. The summed E-state index contributed by atoms with van der Waals surface area (Å²) in [4.78, 5) is 15.5. The van der Waals surface area contributed by atoms with Gasteiger partial charge in [0.15, 0.2) is 0 Å². The standard InChI is InChI=1S/C12H12Cl2N4O2S/c13-8-1-2-9(10(14)3-8)12(20,4-11(19)17-21)5-18-7-15-6-16-18/h1-3,6-7,20-21H,4-5H2,(H,17,19). The number of nitrogens with one attached hydrogen (secondary N) is 1. The number of carbonyl (C=O) groups is 1. The Morgan fingerprint density at radius 2 is 2.24 bits per heavy atom. The Morgan fingerprint density at radius 3 is 2.81 bits per heavy atom. The summed E-state index contributed by atoms with van der Waals surface area (Å²) in [5.74, 6) is -0.452. The third kappa shape index (κ3) is 3.88. The molecule has 2 N–H and O–H groups in total. The number of halogens is 2. The van der Waals surface area contributed by atoms with Crippen LogP contribution in [0, 0.1) is 0 Å². The maximum Gasteiger partial charge on any atom is 0.232 e. The number of benzene rings is 1. The Hall–Kier alpha value is -1.28. The van der Waals surface area contributed by atoms with Gasteiger partial charge in [0.1, 0.15) is 18.3 Å². The fourth-order valence-electron chi connectivity index (χ4n) is 1.99. The molecule has 21 heavy (non-hydrogen) atoms. The van der Waals surface area contributed by atoms with Crippen LogP contribution in [0.2, 0.25) is 10.0 Å². The van der Waals surface area contributed by atoms with Crippen LogP contribution in [0.1, 0.15) is 12.0 Å². The van der Waals surface area contributed by atoms with E-state index in [9.17, 15) is 9.90 Å². The van der Waals surface area contributed by atoms with Crippen LogP contribution in [0.15, 0.2) is 30.9 Å². The molecule has 1 aromatic heterocycles. The Balaban J connectivity index is 2.41. The molecule has 0 bridgehead atoms. The molecular weight excluding hydrogens is 335 g/mol. The van der Waals surface area contributed by atoms with Crippen LogP contribution < -0.4 is 4.72 Å². The number of nitrogens with zero attached hydrogens (tertiary/aromatic N) is 3.